The van der Waals surface area contributed by atoms with Crippen molar-refractivity contribution in [2.24, 2.45) is 0 Å². The molecular formula is C25H18BrClFN5O. The number of para-hydroxylation sites is 2. The minimum atomic E-state index is -0.406. The Morgan fingerprint density at radius 1 is 1.09 bits per heavy atom. The van der Waals surface area contributed by atoms with Crippen LogP contribution in [0.5, 0.6) is 0 Å². The summed E-state index contributed by atoms with van der Waals surface area (Å²) in [5.74, 6) is 0.176. The summed E-state index contributed by atoms with van der Waals surface area (Å²) in [5, 5.41) is 7.81. The Labute approximate surface area is 208 Å². The van der Waals surface area contributed by atoms with Gasteiger partial charge in [0.1, 0.15) is 11.6 Å². The van der Waals surface area contributed by atoms with Crippen LogP contribution in [0.1, 0.15) is 21.6 Å². The summed E-state index contributed by atoms with van der Waals surface area (Å²) in [4.78, 5) is 17.7. The van der Waals surface area contributed by atoms with Crippen LogP contribution in [-0.4, -0.2) is 25.2 Å². The average molecular weight is 539 g/mol. The number of nitrogens with one attached hydrogen (secondary N) is 1. The number of hydrogen-bond donors (Lipinski definition) is 1. The van der Waals surface area contributed by atoms with Gasteiger partial charge < -0.3 is 9.88 Å². The summed E-state index contributed by atoms with van der Waals surface area (Å²) in [6.45, 7) is 1.96. The molecule has 9 heteroatoms. The van der Waals surface area contributed by atoms with E-state index in [0.717, 1.165) is 9.99 Å². The molecular weight excluding hydrogens is 521 g/mol. The highest BCUT2D eigenvalue weighted by molar-refractivity contribution is 9.10. The predicted molar refractivity (Wildman–Crippen MR) is 134 cm³/mol. The molecule has 0 atom stereocenters. The molecule has 1 N–H and O–H groups in total. The molecule has 0 saturated heterocycles. The first-order valence-corrected chi connectivity index (χ1v) is 11.6. The lowest BCUT2D eigenvalue weighted by Crippen LogP contribution is -2.17. The van der Waals surface area contributed by atoms with Crippen LogP contribution in [-0.2, 0) is 6.54 Å². The first kappa shape index (κ1) is 22.3. The number of fused-ring (bicyclic) bond motifs is 1. The van der Waals surface area contributed by atoms with E-state index in [-0.39, 0.29) is 12.5 Å². The van der Waals surface area contributed by atoms with Crippen LogP contribution in [0.25, 0.3) is 17.0 Å². The number of nitrogens with zero attached hydrogens (tertiary/aromatic N) is 4. The Bertz CT molecular complexity index is 1520. The molecule has 0 aliphatic heterocycles. The van der Waals surface area contributed by atoms with Crippen LogP contribution < -0.4 is 5.32 Å². The van der Waals surface area contributed by atoms with E-state index in [1.54, 1.807) is 41.1 Å². The van der Waals surface area contributed by atoms with E-state index in [1.165, 1.54) is 6.07 Å². The first-order valence-electron chi connectivity index (χ1n) is 10.4. The number of carbonyl (C=O) groups is 1. The molecule has 0 radical (unpaired) electrons. The third kappa shape index (κ3) is 4.22. The number of hydrogen-bond acceptors (Lipinski definition) is 3. The van der Waals surface area contributed by atoms with Crippen LogP contribution in [0, 0.1) is 12.7 Å². The molecule has 0 saturated carbocycles. The van der Waals surface area contributed by atoms with E-state index in [9.17, 15) is 9.18 Å². The van der Waals surface area contributed by atoms with E-state index >= 15 is 0 Å². The summed E-state index contributed by atoms with van der Waals surface area (Å²) in [6.07, 6.45) is 0. The number of anilines is 1. The quantitative estimate of drug-likeness (QED) is 0.282. The van der Waals surface area contributed by atoms with Gasteiger partial charge >= 0.3 is 0 Å². The summed E-state index contributed by atoms with van der Waals surface area (Å²) >= 11 is 9.71. The van der Waals surface area contributed by atoms with E-state index < -0.39 is 5.82 Å². The molecule has 2 aromatic heterocycles. The van der Waals surface area contributed by atoms with Gasteiger partial charge in [0, 0.05) is 26.7 Å². The maximum Gasteiger partial charge on any atom is 0.256 e. The maximum absolute atomic E-state index is 14.7. The zero-order chi connectivity index (χ0) is 23.8. The minimum Gasteiger partial charge on any atom is -0.306 e. The molecule has 0 fully saturated rings. The molecule has 34 heavy (non-hydrogen) atoms. The first-order chi connectivity index (χ1) is 16.4. The van der Waals surface area contributed by atoms with Gasteiger partial charge in [0.15, 0.2) is 0 Å². The molecule has 170 valence electrons. The van der Waals surface area contributed by atoms with E-state index in [0.29, 0.717) is 39.1 Å². The monoisotopic (exact) mass is 537 g/mol. The Hall–Kier alpha value is -3.49. The molecule has 5 aromatic rings. The van der Waals surface area contributed by atoms with E-state index in [4.69, 9.17) is 16.6 Å². The molecule has 0 unspecified atom stereocenters. The maximum atomic E-state index is 14.7. The normalized spacial score (nSPS) is 11.2. The second kappa shape index (κ2) is 9.04. The summed E-state index contributed by atoms with van der Waals surface area (Å²) in [5.41, 5.74) is 3.02. The fraction of sp³-hybridized carbons (Fsp3) is 0.0800. The lowest BCUT2D eigenvalue weighted by Gasteiger charge is -2.13. The van der Waals surface area contributed by atoms with Crippen LogP contribution in [0.4, 0.5) is 10.2 Å². The average Bonchev–Trinajstić information content (AvgIpc) is 3.36. The zero-order valence-corrected chi connectivity index (χ0v) is 20.3. The van der Waals surface area contributed by atoms with Crippen LogP contribution in [0.3, 0.4) is 0 Å². The molecule has 5 rings (SSSR count). The fourth-order valence-corrected chi connectivity index (χ4v) is 4.40. The molecule has 0 aliphatic rings. The zero-order valence-electron chi connectivity index (χ0n) is 18.0. The molecule has 1 amide bonds. The van der Waals surface area contributed by atoms with Crippen molar-refractivity contribution in [1.29, 1.82) is 0 Å². The van der Waals surface area contributed by atoms with Gasteiger partial charge in [-0.05, 0) is 49.4 Å². The predicted octanol–water partition coefficient (Wildman–Crippen LogP) is 6.39. The molecule has 0 spiro atoms. The molecule has 0 aliphatic carbocycles. The third-order valence-electron chi connectivity index (χ3n) is 5.36. The smallest absolute Gasteiger partial charge is 0.256 e. The fourth-order valence-electron chi connectivity index (χ4n) is 3.78. The largest absolute Gasteiger partial charge is 0.306 e. The Morgan fingerprint density at radius 2 is 1.88 bits per heavy atom. The number of aryl methyl sites for hydroxylation is 1. The number of benzene rings is 3. The molecule has 3 aromatic carbocycles. The summed E-state index contributed by atoms with van der Waals surface area (Å²) in [6, 6.07) is 21.0. The molecule has 2 heterocycles. The van der Waals surface area contributed by atoms with Crippen LogP contribution in [0.2, 0.25) is 5.02 Å². The second-order valence-corrected chi connectivity index (χ2v) is 9.06. The van der Waals surface area contributed by atoms with Crippen molar-refractivity contribution in [3.05, 3.63) is 105 Å². The van der Waals surface area contributed by atoms with Gasteiger partial charge in [0.25, 0.3) is 5.91 Å². The number of aromatic nitrogens is 4. The van der Waals surface area contributed by atoms with E-state index in [1.807, 2.05) is 41.8 Å². The third-order valence-corrected chi connectivity index (χ3v) is 6.21. The summed E-state index contributed by atoms with van der Waals surface area (Å²) < 4.78 is 18.8. The number of rotatable bonds is 5. The standard InChI is InChI=1S/C25H18BrClFN5O/c1-15-12-23(30-24(34)16-6-4-7-17(26)13-16)33(31-15)25-29-21-10-2-3-11-22(21)32(25)14-18-19(27)8-5-9-20(18)28/h2-13H,14H2,1H3,(H,30,34). The van der Waals surface area contributed by atoms with Crippen molar-refractivity contribution in [2.75, 3.05) is 5.32 Å². The van der Waals surface area contributed by atoms with Crippen molar-refractivity contribution in [3.8, 4) is 5.95 Å². The topological polar surface area (TPSA) is 64.7 Å². The number of amides is 1. The van der Waals surface area contributed by atoms with Crippen LogP contribution >= 0.6 is 27.5 Å². The van der Waals surface area contributed by atoms with Crippen molar-refractivity contribution in [3.63, 3.8) is 0 Å². The highest BCUT2D eigenvalue weighted by atomic mass is 79.9. The van der Waals surface area contributed by atoms with Gasteiger partial charge in [0.05, 0.1) is 23.3 Å². The van der Waals surface area contributed by atoms with Gasteiger partial charge in [0.2, 0.25) is 5.95 Å². The van der Waals surface area contributed by atoms with Crippen molar-refractivity contribution < 1.29 is 9.18 Å². The molecule has 0 bridgehead atoms. The summed E-state index contributed by atoms with van der Waals surface area (Å²) in [7, 11) is 0. The molecule has 6 nitrogen and oxygen atoms in total. The van der Waals surface area contributed by atoms with Crippen molar-refractivity contribution >= 4 is 50.3 Å². The van der Waals surface area contributed by atoms with Gasteiger partial charge in [-0.1, -0.05) is 51.8 Å². The minimum absolute atomic E-state index is 0.138. The van der Waals surface area contributed by atoms with Gasteiger partial charge in [-0.2, -0.15) is 9.78 Å². The number of imidazole rings is 1. The van der Waals surface area contributed by atoms with Crippen molar-refractivity contribution in [2.45, 2.75) is 13.5 Å². The Kier molecular flexibility index (Phi) is 5.93. The number of carbonyl (C=O) groups excluding carboxylic acids is 1. The van der Waals surface area contributed by atoms with Gasteiger partial charge in [-0.3, -0.25) is 4.79 Å². The van der Waals surface area contributed by atoms with Gasteiger partial charge in [-0.15, -0.1) is 0 Å². The second-order valence-electron chi connectivity index (χ2n) is 7.73. The Morgan fingerprint density at radius 3 is 2.68 bits per heavy atom. The van der Waals surface area contributed by atoms with E-state index in [2.05, 4.69) is 26.3 Å². The van der Waals surface area contributed by atoms with Crippen molar-refractivity contribution in [1.82, 2.24) is 19.3 Å². The number of halogens is 3. The van der Waals surface area contributed by atoms with Crippen LogP contribution in [0.15, 0.2) is 77.3 Å². The lowest BCUT2D eigenvalue weighted by molar-refractivity contribution is 0.102. The highest BCUT2D eigenvalue weighted by Gasteiger charge is 2.20. The Balaban J connectivity index is 1.62. The highest BCUT2D eigenvalue weighted by Crippen LogP contribution is 2.27. The van der Waals surface area contributed by atoms with Gasteiger partial charge in [-0.25, -0.2) is 9.37 Å². The SMILES string of the molecule is Cc1cc(NC(=O)c2cccc(Br)c2)n(-c2nc3ccccc3n2Cc2c(F)cccc2Cl)n1. The lowest BCUT2D eigenvalue weighted by atomic mass is 10.2.